The Morgan fingerprint density at radius 2 is 1.67 bits per heavy atom. The summed E-state index contributed by atoms with van der Waals surface area (Å²) in [6.07, 6.45) is 0. The van der Waals surface area contributed by atoms with Crippen molar-refractivity contribution in [1.29, 1.82) is 0 Å². The Bertz CT molecular complexity index is 1180. The van der Waals surface area contributed by atoms with Crippen molar-refractivity contribution in [2.45, 2.75) is 0 Å². The van der Waals surface area contributed by atoms with Gasteiger partial charge in [-0.25, -0.2) is 9.97 Å². The molecule has 6 nitrogen and oxygen atoms in total. The summed E-state index contributed by atoms with van der Waals surface area (Å²) < 4.78 is 0. The molecule has 0 radical (unpaired) electrons. The molecule has 1 amide bonds. The number of para-hydroxylation sites is 1. The number of carbonyl (C=O) groups is 1. The van der Waals surface area contributed by atoms with Gasteiger partial charge in [0.05, 0.1) is 10.4 Å². The Morgan fingerprint density at radius 1 is 0.900 bits per heavy atom. The summed E-state index contributed by atoms with van der Waals surface area (Å²) in [5, 5.41) is 12.5. The van der Waals surface area contributed by atoms with Gasteiger partial charge in [0.2, 0.25) is 0 Å². The van der Waals surface area contributed by atoms with Crippen molar-refractivity contribution in [2.24, 2.45) is 0 Å². The van der Waals surface area contributed by atoms with Gasteiger partial charge in [-0.3, -0.25) is 4.79 Å². The monoisotopic (exact) mass is 416 g/mol. The maximum Gasteiger partial charge on any atom is 0.253 e. The van der Waals surface area contributed by atoms with Crippen molar-refractivity contribution in [2.75, 3.05) is 31.1 Å². The number of piperazine rings is 1. The van der Waals surface area contributed by atoms with Crippen LogP contribution in [0.2, 0.25) is 0 Å². The number of hydrogen-bond acceptors (Lipinski definition) is 6. The molecule has 4 aromatic rings. The van der Waals surface area contributed by atoms with Crippen LogP contribution in [0.4, 0.5) is 5.82 Å². The van der Waals surface area contributed by atoms with E-state index < -0.39 is 0 Å². The number of rotatable bonds is 3. The zero-order chi connectivity index (χ0) is 20.5. The highest BCUT2D eigenvalue weighted by Crippen LogP contribution is 2.30. The average Bonchev–Trinajstić information content (AvgIpc) is 3.34. The zero-order valence-corrected chi connectivity index (χ0v) is 17.0. The van der Waals surface area contributed by atoms with E-state index in [4.69, 9.17) is 9.97 Å². The van der Waals surface area contributed by atoms with Gasteiger partial charge >= 0.3 is 0 Å². The number of amides is 1. The molecule has 30 heavy (non-hydrogen) atoms. The fourth-order valence-corrected chi connectivity index (χ4v) is 4.38. The first-order valence-corrected chi connectivity index (χ1v) is 10.7. The number of thiophene rings is 1. The van der Waals surface area contributed by atoms with Crippen molar-refractivity contribution in [3.8, 4) is 16.5 Å². The summed E-state index contributed by atoms with van der Waals surface area (Å²) >= 11 is 1.63. The quantitative estimate of drug-likeness (QED) is 0.546. The van der Waals surface area contributed by atoms with Gasteiger partial charge in [0.1, 0.15) is 11.6 Å². The van der Waals surface area contributed by atoms with Crippen molar-refractivity contribution >= 4 is 34.0 Å². The van der Waals surface area contributed by atoms with E-state index in [1.54, 1.807) is 35.6 Å². The second-order valence-corrected chi connectivity index (χ2v) is 8.14. The molecule has 5 rings (SSSR count). The van der Waals surface area contributed by atoms with Crippen LogP contribution in [0.5, 0.6) is 5.75 Å². The van der Waals surface area contributed by atoms with Crippen LogP contribution in [0.15, 0.2) is 66.0 Å². The van der Waals surface area contributed by atoms with E-state index >= 15 is 0 Å². The van der Waals surface area contributed by atoms with Gasteiger partial charge in [-0.2, -0.15) is 0 Å². The molecule has 2 aromatic carbocycles. The lowest BCUT2D eigenvalue weighted by molar-refractivity contribution is 0.0746. The van der Waals surface area contributed by atoms with Crippen molar-refractivity contribution in [3.05, 3.63) is 71.6 Å². The Hall–Kier alpha value is -3.45. The predicted octanol–water partition coefficient (Wildman–Crippen LogP) is 4.03. The maximum atomic E-state index is 12.8. The first-order chi connectivity index (χ1) is 14.7. The van der Waals surface area contributed by atoms with Gasteiger partial charge in [-0.1, -0.05) is 18.2 Å². The van der Waals surface area contributed by atoms with Crippen LogP contribution < -0.4 is 4.90 Å². The van der Waals surface area contributed by atoms with Crippen LogP contribution in [0.25, 0.3) is 21.6 Å². The summed E-state index contributed by atoms with van der Waals surface area (Å²) in [5.74, 6) is 1.80. The summed E-state index contributed by atoms with van der Waals surface area (Å²) in [7, 11) is 0. The van der Waals surface area contributed by atoms with Crippen molar-refractivity contribution < 1.29 is 9.90 Å². The van der Waals surface area contributed by atoms with Crippen LogP contribution in [0.1, 0.15) is 10.4 Å². The van der Waals surface area contributed by atoms with E-state index in [2.05, 4.69) is 11.0 Å². The summed E-state index contributed by atoms with van der Waals surface area (Å²) in [6, 6.07) is 18.5. The lowest BCUT2D eigenvalue weighted by atomic mass is 10.1. The lowest BCUT2D eigenvalue weighted by Crippen LogP contribution is -2.49. The van der Waals surface area contributed by atoms with Gasteiger partial charge in [0.15, 0.2) is 5.82 Å². The highest BCUT2D eigenvalue weighted by atomic mass is 32.1. The SMILES string of the molecule is O=C(c1ccc(O)cc1)N1CCN(c2nc(-c3cccs3)nc3ccccc23)CC1. The van der Waals surface area contributed by atoms with E-state index in [1.807, 2.05) is 40.6 Å². The van der Waals surface area contributed by atoms with E-state index in [0.717, 1.165) is 27.4 Å². The molecular formula is C23H20N4O2S. The summed E-state index contributed by atoms with van der Waals surface area (Å²) in [5.41, 5.74) is 1.52. The molecule has 0 aliphatic carbocycles. The first-order valence-electron chi connectivity index (χ1n) is 9.83. The minimum Gasteiger partial charge on any atom is -0.508 e. The Balaban J connectivity index is 1.40. The van der Waals surface area contributed by atoms with Gasteiger partial charge in [-0.15, -0.1) is 11.3 Å². The highest BCUT2D eigenvalue weighted by Gasteiger charge is 2.24. The second-order valence-electron chi connectivity index (χ2n) is 7.19. The lowest BCUT2D eigenvalue weighted by Gasteiger charge is -2.36. The third kappa shape index (κ3) is 3.48. The molecule has 1 aliphatic heterocycles. The van der Waals surface area contributed by atoms with Crippen LogP contribution >= 0.6 is 11.3 Å². The number of carbonyl (C=O) groups excluding carboxylic acids is 1. The molecule has 0 atom stereocenters. The van der Waals surface area contributed by atoms with Gasteiger partial charge in [0.25, 0.3) is 5.91 Å². The van der Waals surface area contributed by atoms with Crippen LogP contribution in [-0.2, 0) is 0 Å². The van der Waals surface area contributed by atoms with Crippen LogP contribution in [0.3, 0.4) is 0 Å². The first kappa shape index (κ1) is 18.6. The Morgan fingerprint density at radius 3 is 2.40 bits per heavy atom. The number of aromatic nitrogens is 2. The minimum absolute atomic E-state index is 0.0125. The van der Waals surface area contributed by atoms with E-state index in [0.29, 0.717) is 31.7 Å². The molecule has 2 aromatic heterocycles. The summed E-state index contributed by atoms with van der Waals surface area (Å²) in [6.45, 7) is 2.64. The standard InChI is InChI=1S/C23H20N4O2S/c28-17-9-7-16(8-10-17)23(29)27-13-11-26(12-14-27)22-18-4-1-2-5-19(18)24-21(25-22)20-6-3-15-30-20/h1-10,15,28H,11-14H2. The third-order valence-corrected chi connectivity index (χ3v) is 6.17. The molecule has 1 N–H and O–H groups in total. The fourth-order valence-electron chi connectivity index (χ4n) is 3.72. The molecule has 0 unspecified atom stereocenters. The van der Waals surface area contributed by atoms with Crippen molar-refractivity contribution in [1.82, 2.24) is 14.9 Å². The molecule has 0 spiro atoms. The number of hydrogen-bond donors (Lipinski definition) is 1. The largest absolute Gasteiger partial charge is 0.508 e. The Labute approximate surface area is 178 Å². The van der Waals surface area contributed by atoms with Gasteiger partial charge in [0, 0.05) is 37.1 Å². The smallest absolute Gasteiger partial charge is 0.253 e. The van der Waals surface area contributed by atoms with E-state index in [1.165, 1.54) is 0 Å². The predicted molar refractivity (Wildman–Crippen MR) is 119 cm³/mol. The molecule has 1 fully saturated rings. The maximum absolute atomic E-state index is 12.8. The zero-order valence-electron chi connectivity index (χ0n) is 16.2. The van der Waals surface area contributed by atoms with E-state index in [-0.39, 0.29) is 11.7 Å². The molecular weight excluding hydrogens is 396 g/mol. The molecule has 150 valence electrons. The van der Waals surface area contributed by atoms with Crippen molar-refractivity contribution in [3.63, 3.8) is 0 Å². The molecule has 0 bridgehead atoms. The number of nitrogens with zero attached hydrogens (tertiary/aromatic N) is 4. The molecule has 0 saturated carbocycles. The fraction of sp³-hybridized carbons (Fsp3) is 0.174. The van der Waals surface area contributed by atoms with Gasteiger partial charge in [-0.05, 0) is 47.8 Å². The van der Waals surface area contributed by atoms with E-state index in [9.17, 15) is 9.90 Å². The molecule has 7 heteroatoms. The number of anilines is 1. The Kier molecular flexibility index (Phi) is 4.80. The number of aromatic hydroxyl groups is 1. The summed E-state index contributed by atoms with van der Waals surface area (Å²) in [4.78, 5) is 27.6. The van der Waals surface area contributed by atoms with Crippen LogP contribution in [0, 0.1) is 0 Å². The number of fused-ring (bicyclic) bond motifs is 1. The number of phenols is 1. The highest BCUT2D eigenvalue weighted by molar-refractivity contribution is 7.13. The normalized spacial score (nSPS) is 14.3. The number of phenolic OH excluding ortho intramolecular Hbond substituents is 1. The minimum atomic E-state index is -0.0125. The molecule has 1 aliphatic rings. The third-order valence-electron chi connectivity index (χ3n) is 5.31. The van der Waals surface area contributed by atoms with Crippen LogP contribution in [-0.4, -0.2) is 52.1 Å². The number of benzene rings is 2. The molecule has 1 saturated heterocycles. The average molecular weight is 417 g/mol. The van der Waals surface area contributed by atoms with Gasteiger partial charge < -0.3 is 14.9 Å². The second kappa shape index (κ2) is 7.76. The molecule has 3 heterocycles. The topological polar surface area (TPSA) is 69.6 Å².